The van der Waals surface area contributed by atoms with Gasteiger partial charge in [-0.05, 0) is 38.1 Å². The third kappa shape index (κ3) is 3.21. The van der Waals surface area contributed by atoms with E-state index in [-0.39, 0.29) is 17.6 Å². The minimum absolute atomic E-state index is 0.0801. The summed E-state index contributed by atoms with van der Waals surface area (Å²) >= 11 is 1.63. The highest BCUT2D eigenvalue weighted by Crippen LogP contribution is 2.22. The van der Waals surface area contributed by atoms with Crippen LogP contribution < -0.4 is 5.32 Å². The van der Waals surface area contributed by atoms with Gasteiger partial charge in [0.25, 0.3) is 5.91 Å². The summed E-state index contributed by atoms with van der Waals surface area (Å²) < 4.78 is 0. The van der Waals surface area contributed by atoms with E-state index in [9.17, 15) is 9.59 Å². The van der Waals surface area contributed by atoms with Crippen LogP contribution in [-0.4, -0.2) is 22.0 Å². The van der Waals surface area contributed by atoms with Crippen LogP contribution in [0.4, 0.5) is 0 Å². The van der Waals surface area contributed by atoms with Crippen molar-refractivity contribution in [1.82, 2.24) is 10.3 Å². The summed E-state index contributed by atoms with van der Waals surface area (Å²) in [5.74, 6) is -1.38. The largest absolute Gasteiger partial charge is 0.477 e. The highest BCUT2D eigenvalue weighted by molar-refractivity contribution is 7.12. The number of thiophene rings is 1. The van der Waals surface area contributed by atoms with Gasteiger partial charge >= 0.3 is 5.97 Å². The molecule has 0 bridgehead atoms. The third-order valence-corrected chi connectivity index (χ3v) is 3.96. The standard InChI is InChI=1S/C14H14N2O3S/c1-8-3-6-12(20-8)9(2)16-13(17)10-4-5-11(14(18)19)15-7-10/h3-7,9H,1-2H3,(H,16,17)(H,18,19). The number of pyridine rings is 1. The Morgan fingerprint density at radius 1 is 1.30 bits per heavy atom. The molecule has 0 spiro atoms. The molecule has 6 heteroatoms. The van der Waals surface area contributed by atoms with Crippen molar-refractivity contribution in [3.05, 3.63) is 51.5 Å². The summed E-state index contributed by atoms with van der Waals surface area (Å²) in [4.78, 5) is 28.7. The first-order valence-corrected chi connectivity index (χ1v) is 6.85. The van der Waals surface area contributed by atoms with Gasteiger partial charge < -0.3 is 10.4 Å². The Kier molecular flexibility index (Phi) is 4.14. The molecule has 2 N–H and O–H groups in total. The number of aromatic nitrogens is 1. The Morgan fingerprint density at radius 2 is 2.05 bits per heavy atom. The average molecular weight is 290 g/mol. The first-order valence-electron chi connectivity index (χ1n) is 6.04. The Labute approximate surface area is 120 Å². The van der Waals surface area contributed by atoms with Crippen LogP contribution >= 0.6 is 11.3 Å². The van der Waals surface area contributed by atoms with E-state index in [0.717, 1.165) is 4.88 Å². The van der Waals surface area contributed by atoms with Crippen molar-refractivity contribution in [2.45, 2.75) is 19.9 Å². The van der Waals surface area contributed by atoms with Crippen molar-refractivity contribution in [2.24, 2.45) is 0 Å². The van der Waals surface area contributed by atoms with Crippen LogP contribution in [0.15, 0.2) is 30.5 Å². The van der Waals surface area contributed by atoms with Crippen molar-refractivity contribution >= 4 is 23.2 Å². The molecule has 0 radical (unpaired) electrons. The molecule has 1 amide bonds. The minimum Gasteiger partial charge on any atom is -0.477 e. The van der Waals surface area contributed by atoms with E-state index in [1.807, 2.05) is 26.0 Å². The van der Waals surface area contributed by atoms with Gasteiger partial charge in [-0.25, -0.2) is 9.78 Å². The number of nitrogens with zero attached hydrogens (tertiary/aromatic N) is 1. The second-order valence-corrected chi connectivity index (χ2v) is 5.70. The highest BCUT2D eigenvalue weighted by atomic mass is 32.1. The molecule has 5 nitrogen and oxygen atoms in total. The number of aromatic carboxylic acids is 1. The molecule has 1 atom stereocenters. The van der Waals surface area contributed by atoms with E-state index in [2.05, 4.69) is 10.3 Å². The lowest BCUT2D eigenvalue weighted by atomic mass is 10.2. The lowest BCUT2D eigenvalue weighted by molar-refractivity contribution is 0.0689. The molecule has 104 valence electrons. The summed E-state index contributed by atoms with van der Waals surface area (Å²) in [5.41, 5.74) is 0.263. The third-order valence-electron chi connectivity index (χ3n) is 2.78. The first-order chi connectivity index (χ1) is 9.47. The number of hydrogen-bond acceptors (Lipinski definition) is 4. The SMILES string of the molecule is Cc1ccc(C(C)NC(=O)c2ccc(C(=O)O)nc2)s1. The molecule has 2 rings (SSSR count). The number of amides is 1. The predicted molar refractivity (Wildman–Crippen MR) is 76.1 cm³/mol. The zero-order valence-corrected chi connectivity index (χ0v) is 11.9. The van der Waals surface area contributed by atoms with Crippen LogP contribution in [0.3, 0.4) is 0 Å². The van der Waals surface area contributed by atoms with Gasteiger partial charge in [0.1, 0.15) is 5.69 Å². The molecule has 2 aromatic rings. The minimum atomic E-state index is -1.11. The average Bonchev–Trinajstić information content (AvgIpc) is 2.85. The molecular weight excluding hydrogens is 276 g/mol. The normalized spacial score (nSPS) is 11.9. The Morgan fingerprint density at radius 3 is 2.55 bits per heavy atom. The second kappa shape index (κ2) is 5.83. The Bertz CT molecular complexity index is 634. The Hall–Kier alpha value is -2.21. The smallest absolute Gasteiger partial charge is 0.354 e. The summed E-state index contributed by atoms with van der Waals surface area (Å²) in [5, 5.41) is 11.6. The topological polar surface area (TPSA) is 79.3 Å². The van der Waals surface area contributed by atoms with Gasteiger partial charge in [-0.1, -0.05) is 0 Å². The van der Waals surface area contributed by atoms with Crippen LogP contribution in [0.2, 0.25) is 0 Å². The molecule has 2 aromatic heterocycles. The predicted octanol–water partition coefficient (Wildman–Crippen LogP) is 2.64. The molecule has 2 heterocycles. The molecule has 20 heavy (non-hydrogen) atoms. The van der Waals surface area contributed by atoms with Crippen molar-refractivity contribution in [2.75, 3.05) is 0 Å². The van der Waals surface area contributed by atoms with E-state index >= 15 is 0 Å². The van der Waals surface area contributed by atoms with Gasteiger partial charge in [-0.15, -0.1) is 11.3 Å². The first kappa shape index (κ1) is 14.2. The number of rotatable bonds is 4. The molecule has 0 aliphatic rings. The fourth-order valence-electron chi connectivity index (χ4n) is 1.69. The van der Waals surface area contributed by atoms with E-state index in [1.165, 1.54) is 23.2 Å². The summed E-state index contributed by atoms with van der Waals surface area (Å²) in [6.45, 7) is 3.92. The zero-order valence-electron chi connectivity index (χ0n) is 11.1. The fraction of sp³-hybridized carbons (Fsp3) is 0.214. The number of nitrogens with one attached hydrogen (secondary N) is 1. The van der Waals surface area contributed by atoms with Crippen LogP contribution in [0.5, 0.6) is 0 Å². The summed E-state index contributed by atoms with van der Waals surface area (Å²) in [6, 6.07) is 6.66. The van der Waals surface area contributed by atoms with Gasteiger partial charge in [-0.2, -0.15) is 0 Å². The van der Waals surface area contributed by atoms with Crippen LogP contribution in [0.1, 0.15) is 43.6 Å². The lowest BCUT2D eigenvalue weighted by Crippen LogP contribution is -2.26. The van der Waals surface area contributed by atoms with Crippen molar-refractivity contribution in [3.63, 3.8) is 0 Å². The number of carboxylic acids is 1. The van der Waals surface area contributed by atoms with Crippen LogP contribution in [0, 0.1) is 6.92 Å². The second-order valence-electron chi connectivity index (χ2n) is 4.38. The number of carbonyl (C=O) groups is 2. The fourth-order valence-corrected chi connectivity index (χ4v) is 2.57. The lowest BCUT2D eigenvalue weighted by Gasteiger charge is -2.12. The van der Waals surface area contributed by atoms with Crippen molar-refractivity contribution < 1.29 is 14.7 Å². The molecular formula is C14H14N2O3S. The van der Waals surface area contributed by atoms with E-state index < -0.39 is 5.97 Å². The van der Waals surface area contributed by atoms with Gasteiger partial charge in [0.2, 0.25) is 0 Å². The number of carbonyl (C=O) groups excluding carboxylic acids is 1. The monoisotopic (exact) mass is 290 g/mol. The quantitative estimate of drug-likeness (QED) is 0.907. The number of carboxylic acid groups (broad SMARTS) is 1. The van der Waals surface area contributed by atoms with E-state index in [1.54, 1.807) is 11.3 Å². The number of hydrogen-bond donors (Lipinski definition) is 2. The van der Waals surface area contributed by atoms with Crippen molar-refractivity contribution in [1.29, 1.82) is 0 Å². The van der Waals surface area contributed by atoms with Gasteiger partial charge in [0, 0.05) is 16.0 Å². The van der Waals surface area contributed by atoms with E-state index in [0.29, 0.717) is 5.56 Å². The maximum Gasteiger partial charge on any atom is 0.354 e. The van der Waals surface area contributed by atoms with Crippen LogP contribution in [-0.2, 0) is 0 Å². The highest BCUT2D eigenvalue weighted by Gasteiger charge is 2.14. The molecule has 0 saturated heterocycles. The van der Waals surface area contributed by atoms with Gasteiger partial charge in [-0.3, -0.25) is 4.79 Å². The van der Waals surface area contributed by atoms with Crippen LogP contribution in [0.25, 0.3) is 0 Å². The maximum atomic E-state index is 12.0. The molecule has 0 aliphatic carbocycles. The summed E-state index contributed by atoms with van der Waals surface area (Å²) in [7, 11) is 0. The number of aryl methyl sites for hydroxylation is 1. The zero-order chi connectivity index (χ0) is 14.7. The van der Waals surface area contributed by atoms with Crippen molar-refractivity contribution in [3.8, 4) is 0 Å². The molecule has 0 aromatic carbocycles. The van der Waals surface area contributed by atoms with Gasteiger partial charge in [0.15, 0.2) is 0 Å². The maximum absolute atomic E-state index is 12.0. The molecule has 1 unspecified atom stereocenters. The molecule has 0 saturated carbocycles. The summed E-state index contributed by atoms with van der Waals surface area (Å²) in [6.07, 6.45) is 1.27. The molecule has 0 fully saturated rings. The van der Waals surface area contributed by atoms with E-state index in [4.69, 9.17) is 5.11 Å². The van der Waals surface area contributed by atoms with Gasteiger partial charge in [0.05, 0.1) is 11.6 Å². The molecule has 0 aliphatic heterocycles. The Balaban J connectivity index is 2.06.